The lowest BCUT2D eigenvalue weighted by molar-refractivity contribution is 0.358. The van der Waals surface area contributed by atoms with Gasteiger partial charge in [-0.05, 0) is 18.6 Å². The van der Waals surface area contributed by atoms with E-state index in [1.807, 2.05) is 0 Å². The predicted octanol–water partition coefficient (Wildman–Crippen LogP) is 0.867. The molecule has 0 bridgehead atoms. The van der Waals surface area contributed by atoms with E-state index in [9.17, 15) is 17.2 Å². The maximum absolute atomic E-state index is 13.6. The minimum atomic E-state index is -3.88. The lowest BCUT2D eigenvalue weighted by Gasteiger charge is -2.26. The van der Waals surface area contributed by atoms with Crippen LogP contribution in [0.15, 0.2) is 17.0 Å². The summed E-state index contributed by atoms with van der Waals surface area (Å²) in [6, 6.07) is 1.66. The number of aryl methyl sites for hydroxylation is 1. The summed E-state index contributed by atoms with van der Waals surface area (Å²) < 4.78 is 52.4. The molecule has 1 heterocycles. The van der Waals surface area contributed by atoms with Gasteiger partial charge in [0.25, 0.3) is 0 Å². The van der Waals surface area contributed by atoms with Gasteiger partial charge in [-0.15, -0.1) is 0 Å². The van der Waals surface area contributed by atoms with E-state index in [-0.39, 0.29) is 18.7 Å². The molecule has 0 atom stereocenters. The highest BCUT2D eigenvalue weighted by molar-refractivity contribution is 7.89. The Morgan fingerprint density at radius 3 is 2.39 bits per heavy atom. The van der Waals surface area contributed by atoms with Crippen LogP contribution in [0.4, 0.5) is 8.78 Å². The molecule has 2 rings (SSSR count). The predicted molar refractivity (Wildman–Crippen MR) is 62.7 cm³/mol. The van der Waals surface area contributed by atoms with Crippen molar-refractivity contribution in [3.05, 3.63) is 29.3 Å². The van der Waals surface area contributed by atoms with Crippen LogP contribution in [0.25, 0.3) is 0 Å². The number of benzene rings is 1. The van der Waals surface area contributed by atoms with Crippen molar-refractivity contribution >= 4 is 10.0 Å². The Hall–Kier alpha value is -1.05. The summed E-state index contributed by atoms with van der Waals surface area (Å²) in [5, 5.41) is 3.01. The number of nitrogens with one attached hydrogen (secondary N) is 1. The molecule has 1 saturated heterocycles. The van der Waals surface area contributed by atoms with Gasteiger partial charge in [-0.25, -0.2) is 17.2 Å². The van der Waals surface area contributed by atoms with Crippen molar-refractivity contribution in [3.8, 4) is 0 Å². The third-order valence-electron chi connectivity index (χ3n) is 2.91. The molecule has 0 saturated carbocycles. The van der Waals surface area contributed by atoms with Crippen molar-refractivity contribution in [2.45, 2.75) is 11.8 Å². The highest BCUT2D eigenvalue weighted by Gasteiger charge is 2.29. The van der Waals surface area contributed by atoms with E-state index in [0.29, 0.717) is 19.2 Å². The molecule has 1 aromatic rings. The number of sulfonamides is 1. The number of hydrogen-bond acceptors (Lipinski definition) is 3. The molecule has 0 spiro atoms. The van der Waals surface area contributed by atoms with Gasteiger partial charge in [0.05, 0.1) is 0 Å². The van der Waals surface area contributed by atoms with E-state index in [0.717, 1.165) is 6.07 Å². The first-order valence-corrected chi connectivity index (χ1v) is 7.03. The van der Waals surface area contributed by atoms with Gasteiger partial charge >= 0.3 is 0 Å². The van der Waals surface area contributed by atoms with Crippen LogP contribution in [0.2, 0.25) is 0 Å². The van der Waals surface area contributed by atoms with Crippen molar-refractivity contribution in [2.75, 3.05) is 26.2 Å². The molecule has 18 heavy (non-hydrogen) atoms. The van der Waals surface area contributed by atoms with E-state index in [1.54, 1.807) is 0 Å². The highest BCUT2D eigenvalue weighted by atomic mass is 32.2. The Bertz CT molecular complexity index is 554. The zero-order chi connectivity index (χ0) is 13.3. The van der Waals surface area contributed by atoms with Gasteiger partial charge in [0.1, 0.15) is 16.5 Å². The second kappa shape index (κ2) is 4.91. The normalized spacial score (nSPS) is 17.9. The minimum absolute atomic E-state index is 0.116. The molecule has 4 nitrogen and oxygen atoms in total. The smallest absolute Gasteiger partial charge is 0.246 e. The second-order valence-electron chi connectivity index (χ2n) is 4.19. The monoisotopic (exact) mass is 276 g/mol. The number of piperazine rings is 1. The first-order valence-electron chi connectivity index (χ1n) is 5.59. The van der Waals surface area contributed by atoms with E-state index in [4.69, 9.17) is 0 Å². The molecular formula is C11H14F2N2O2S. The number of hydrogen-bond donors (Lipinski definition) is 1. The van der Waals surface area contributed by atoms with Gasteiger partial charge in [0.2, 0.25) is 10.0 Å². The molecule has 1 fully saturated rings. The molecule has 100 valence electrons. The molecule has 0 aliphatic carbocycles. The van der Waals surface area contributed by atoms with Gasteiger partial charge in [0, 0.05) is 32.2 Å². The van der Waals surface area contributed by atoms with Gasteiger partial charge in [0.15, 0.2) is 0 Å². The molecule has 1 aliphatic rings. The first kappa shape index (κ1) is 13.4. The topological polar surface area (TPSA) is 49.4 Å². The van der Waals surface area contributed by atoms with Crippen molar-refractivity contribution in [2.24, 2.45) is 0 Å². The Morgan fingerprint density at radius 1 is 1.17 bits per heavy atom. The summed E-state index contributed by atoms with van der Waals surface area (Å²) in [5.41, 5.74) is 0.116. The molecule has 0 amide bonds. The summed E-state index contributed by atoms with van der Waals surface area (Å²) in [4.78, 5) is -0.455. The Kier molecular flexibility index (Phi) is 3.65. The molecule has 1 aliphatic heterocycles. The van der Waals surface area contributed by atoms with Crippen LogP contribution >= 0.6 is 0 Å². The van der Waals surface area contributed by atoms with Crippen LogP contribution in [-0.2, 0) is 10.0 Å². The van der Waals surface area contributed by atoms with E-state index in [2.05, 4.69) is 5.32 Å². The molecule has 1 N–H and O–H groups in total. The fourth-order valence-corrected chi connectivity index (χ4v) is 3.42. The average Bonchev–Trinajstić information content (AvgIpc) is 2.34. The van der Waals surface area contributed by atoms with E-state index in [1.165, 1.54) is 11.2 Å². The standard InChI is InChI=1S/C11H14F2N2O2S/c1-8-6-11(10(13)7-9(8)12)18(16,17)15-4-2-14-3-5-15/h6-7,14H,2-5H2,1H3. The van der Waals surface area contributed by atoms with Crippen LogP contribution in [-0.4, -0.2) is 38.9 Å². The zero-order valence-electron chi connectivity index (χ0n) is 9.91. The van der Waals surface area contributed by atoms with Gasteiger partial charge < -0.3 is 5.32 Å². The third kappa shape index (κ3) is 2.38. The van der Waals surface area contributed by atoms with Crippen LogP contribution < -0.4 is 5.32 Å². The average molecular weight is 276 g/mol. The lowest BCUT2D eigenvalue weighted by Crippen LogP contribution is -2.46. The van der Waals surface area contributed by atoms with Crippen LogP contribution in [0.3, 0.4) is 0 Å². The summed E-state index contributed by atoms with van der Waals surface area (Å²) in [6.07, 6.45) is 0. The summed E-state index contributed by atoms with van der Waals surface area (Å²) in [7, 11) is -3.88. The molecule has 0 radical (unpaired) electrons. The maximum atomic E-state index is 13.6. The zero-order valence-corrected chi connectivity index (χ0v) is 10.7. The minimum Gasteiger partial charge on any atom is -0.314 e. The van der Waals surface area contributed by atoms with Crippen molar-refractivity contribution in [1.82, 2.24) is 9.62 Å². The SMILES string of the molecule is Cc1cc(S(=O)(=O)N2CCNCC2)c(F)cc1F. The lowest BCUT2D eigenvalue weighted by atomic mass is 10.2. The Balaban J connectivity index is 2.43. The molecule has 7 heteroatoms. The van der Waals surface area contributed by atoms with Crippen molar-refractivity contribution in [1.29, 1.82) is 0 Å². The van der Waals surface area contributed by atoms with Gasteiger partial charge in [-0.2, -0.15) is 4.31 Å². The Morgan fingerprint density at radius 2 is 1.78 bits per heavy atom. The third-order valence-corrected chi connectivity index (χ3v) is 4.82. The number of rotatable bonds is 2. The fraction of sp³-hybridized carbons (Fsp3) is 0.455. The van der Waals surface area contributed by atoms with Crippen LogP contribution in [0, 0.1) is 18.6 Å². The highest BCUT2D eigenvalue weighted by Crippen LogP contribution is 2.22. The van der Waals surface area contributed by atoms with Gasteiger partial charge in [-0.3, -0.25) is 0 Å². The first-order chi connectivity index (χ1) is 8.43. The number of nitrogens with zero attached hydrogens (tertiary/aromatic N) is 1. The quantitative estimate of drug-likeness (QED) is 0.872. The van der Waals surface area contributed by atoms with Crippen molar-refractivity contribution < 1.29 is 17.2 Å². The van der Waals surface area contributed by atoms with E-state index >= 15 is 0 Å². The molecule has 1 aromatic carbocycles. The van der Waals surface area contributed by atoms with Gasteiger partial charge in [-0.1, -0.05) is 0 Å². The fourth-order valence-electron chi connectivity index (χ4n) is 1.85. The molecule has 0 unspecified atom stereocenters. The summed E-state index contributed by atoms with van der Waals surface area (Å²) in [6.45, 7) is 3.05. The number of halogens is 2. The van der Waals surface area contributed by atoms with Crippen LogP contribution in [0.1, 0.15) is 5.56 Å². The van der Waals surface area contributed by atoms with Crippen molar-refractivity contribution in [3.63, 3.8) is 0 Å². The molecular weight excluding hydrogens is 262 g/mol. The second-order valence-corrected chi connectivity index (χ2v) is 6.09. The summed E-state index contributed by atoms with van der Waals surface area (Å²) >= 11 is 0. The summed E-state index contributed by atoms with van der Waals surface area (Å²) in [5.74, 6) is -1.79. The largest absolute Gasteiger partial charge is 0.314 e. The maximum Gasteiger partial charge on any atom is 0.246 e. The van der Waals surface area contributed by atoms with E-state index < -0.39 is 26.6 Å². The molecule has 0 aromatic heterocycles. The van der Waals surface area contributed by atoms with Crippen LogP contribution in [0.5, 0.6) is 0 Å². The Labute approximate surface area is 105 Å².